The molecule has 158 valence electrons. The summed E-state index contributed by atoms with van der Waals surface area (Å²) in [6, 6.07) is -2.20. The molecule has 0 aromatic rings. The number of aliphatic carboxylic acids is 1. The van der Waals surface area contributed by atoms with Crippen LogP contribution in [0.4, 0.5) is 13.2 Å². The maximum Gasteiger partial charge on any atom is 0.471 e. The van der Waals surface area contributed by atoms with Gasteiger partial charge in [-0.2, -0.15) is 18.6 Å². The molecule has 4 N–H and O–H groups in total. The van der Waals surface area contributed by atoms with Gasteiger partial charge in [-0.1, -0.05) is 13.3 Å². The van der Waals surface area contributed by atoms with E-state index in [1.807, 2.05) is 0 Å². The van der Waals surface area contributed by atoms with Crippen LogP contribution >= 0.6 is 7.60 Å². The summed E-state index contributed by atoms with van der Waals surface area (Å²) in [6.07, 6.45) is -4.18. The minimum Gasteiger partial charge on any atom is -0.480 e. The molecule has 0 bridgehead atoms. The van der Waals surface area contributed by atoms with Crippen LogP contribution in [0.2, 0.25) is 0 Å². The number of halogens is 3. The first-order valence-corrected chi connectivity index (χ1v) is 9.70. The summed E-state index contributed by atoms with van der Waals surface area (Å²) in [5.41, 5.74) is -1.17. The summed E-state index contributed by atoms with van der Waals surface area (Å²) in [7, 11) is -5.01. The second kappa shape index (κ2) is 8.84. The largest absolute Gasteiger partial charge is 0.480 e. The summed E-state index contributed by atoms with van der Waals surface area (Å²) < 4.78 is 56.4. The lowest BCUT2D eigenvalue weighted by molar-refractivity contribution is -0.222. The van der Waals surface area contributed by atoms with Crippen molar-refractivity contribution in [2.75, 3.05) is 20.2 Å². The number of ether oxygens (including phenoxy) is 1. The number of hydrazine groups is 1. The monoisotopic (exact) mass is 421 g/mol. The number of rotatable bonds is 8. The van der Waals surface area contributed by atoms with E-state index < -0.39 is 48.6 Å². The molecule has 1 heterocycles. The summed E-state index contributed by atoms with van der Waals surface area (Å²) in [5, 5.41) is 10.5. The van der Waals surface area contributed by atoms with Crippen LogP contribution in [0.3, 0.4) is 0 Å². The van der Waals surface area contributed by atoms with Crippen LogP contribution < -0.4 is 5.43 Å². The molecule has 1 aliphatic rings. The lowest BCUT2D eigenvalue weighted by atomic mass is 10.1. The minimum absolute atomic E-state index is 0.211. The van der Waals surface area contributed by atoms with Gasteiger partial charge in [-0.3, -0.25) is 14.3 Å². The molecule has 1 fully saturated rings. The molecule has 10 nitrogen and oxygen atoms in total. The van der Waals surface area contributed by atoms with Crippen LogP contribution in [0.15, 0.2) is 0 Å². The van der Waals surface area contributed by atoms with Crippen molar-refractivity contribution in [1.82, 2.24) is 15.3 Å². The van der Waals surface area contributed by atoms with E-state index in [1.54, 1.807) is 0 Å². The molecule has 1 saturated heterocycles. The van der Waals surface area contributed by atoms with Crippen molar-refractivity contribution in [3.63, 3.8) is 0 Å². The number of nitrogens with one attached hydrogen (secondary N) is 1. The van der Waals surface area contributed by atoms with Gasteiger partial charge in [-0.05, 0) is 19.3 Å². The number of alkyl halides is 3. The Balaban J connectivity index is 3.58. The van der Waals surface area contributed by atoms with Crippen molar-refractivity contribution in [3.05, 3.63) is 0 Å². The number of carboxylic acid groups (broad SMARTS) is 1. The molecule has 0 aliphatic carbocycles. The highest BCUT2D eigenvalue weighted by molar-refractivity contribution is 7.53. The molecule has 0 spiro atoms. The van der Waals surface area contributed by atoms with E-state index in [0.717, 1.165) is 13.3 Å². The first-order valence-electron chi connectivity index (χ1n) is 8.08. The van der Waals surface area contributed by atoms with Crippen LogP contribution in [-0.2, 0) is 18.9 Å². The third-order valence-corrected chi connectivity index (χ3v) is 5.40. The fourth-order valence-electron chi connectivity index (χ4n) is 2.83. The van der Waals surface area contributed by atoms with Gasteiger partial charge in [0.2, 0.25) is 0 Å². The molecule has 1 amide bonds. The van der Waals surface area contributed by atoms with E-state index in [1.165, 1.54) is 5.01 Å². The molecular formula is C13H23F3N3O7P. The van der Waals surface area contributed by atoms with Gasteiger partial charge in [0.05, 0.1) is 0 Å². The fourth-order valence-corrected chi connectivity index (χ4v) is 3.85. The zero-order valence-corrected chi connectivity index (χ0v) is 15.7. The predicted molar refractivity (Wildman–Crippen MR) is 85.0 cm³/mol. The van der Waals surface area contributed by atoms with Crippen LogP contribution in [0.1, 0.15) is 32.6 Å². The predicted octanol–water partition coefficient (Wildman–Crippen LogP) is 0.666. The molecular weight excluding hydrogens is 398 g/mol. The van der Waals surface area contributed by atoms with Crippen LogP contribution in [0, 0.1) is 0 Å². The van der Waals surface area contributed by atoms with E-state index >= 15 is 0 Å². The van der Waals surface area contributed by atoms with E-state index in [2.05, 4.69) is 5.43 Å². The van der Waals surface area contributed by atoms with Crippen molar-refractivity contribution in [3.8, 4) is 0 Å². The van der Waals surface area contributed by atoms with E-state index in [0.29, 0.717) is 20.0 Å². The Morgan fingerprint density at radius 3 is 2.11 bits per heavy atom. The van der Waals surface area contributed by atoms with Crippen LogP contribution in [0.25, 0.3) is 0 Å². The second-order valence-corrected chi connectivity index (χ2v) is 7.65. The quantitative estimate of drug-likeness (QED) is 0.329. The number of nitrogens with zero attached hydrogens (tertiary/aromatic N) is 2. The van der Waals surface area contributed by atoms with Gasteiger partial charge >= 0.3 is 31.2 Å². The molecule has 2 unspecified atom stereocenters. The second-order valence-electron chi connectivity index (χ2n) is 5.95. The van der Waals surface area contributed by atoms with Crippen molar-refractivity contribution < 1.29 is 47.0 Å². The first kappa shape index (κ1) is 23.8. The molecule has 2 atom stereocenters. The SMILES string of the molecule is CCC(C(=O)O)N(C(=O)C(F)(F)F)C(NN1CCCCC1)(OC)P(=O)(O)O. The van der Waals surface area contributed by atoms with Gasteiger partial charge in [-0.15, -0.1) is 0 Å². The van der Waals surface area contributed by atoms with Crippen LogP contribution in [-0.4, -0.2) is 74.7 Å². The van der Waals surface area contributed by atoms with Crippen molar-refractivity contribution in [2.45, 2.75) is 50.4 Å². The number of methoxy groups -OCH3 is 1. The number of amides is 1. The Labute approximate surface area is 153 Å². The molecule has 1 aliphatic heterocycles. The standard InChI is InChI=1S/C13H23F3N3O7P/c1-3-9(10(20)21)19(11(22)12(14,15)16)13(26-2,27(23,24)25)17-18-7-5-4-6-8-18/h9,17H,3-8H2,1-2H3,(H,20,21)(H2,23,24,25). The van der Waals surface area contributed by atoms with Crippen molar-refractivity contribution in [2.24, 2.45) is 0 Å². The average molecular weight is 421 g/mol. The Bertz CT molecular complexity index is 594. The first-order chi connectivity index (χ1) is 12.3. The molecule has 0 aromatic heterocycles. The highest BCUT2D eigenvalue weighted by Gasteiger charge is 2.63. The lowest BCUT2D eigenvalue weighted by Gasteiger charge is -2.47. The van der Waals surface area contributed by atoms with Crippen molar-refractivity contribution in [1.29, 1.82) is 0 Å². The summed E-state index contributed by atoms with van der Waals surface area (Å²) >= 11 is 0. The Morgan fingerprint density at radius 2 is 1.78 bits per heavy atom. The highest BCUT2D eigenvalue weighted by Crippen LogP contribution is 2.53. The topological polar surface area (TPSA) is 140 Å². The number of hydrogen-bond acceptors (Lipinski definition) is 6. The van der Waals surface area contributed by atoms with E-state index in [-0.39, 0.29) is 13.1 Å². The number of carbonyl (C=O) groups is 2. The highest BCUT2D eigenvalue weighted by atomic mass is 31.2. The zero-order valence-electron chi connectivity index (χ0n) is 14.8. The molecule has 14 heteroatoms. The fraction of sp³-hybridized carbons (Fsp3) is 0.846. The number of hydrogen-bond donors (Lipinski definition) is 4. The molecule has 1 rings (SSSR count). The summed E-state index contributed by atoms with van der Waals surface area (Å²) in [5.74, 6) is -4.61. The Hall–Kier alpha value is -1.24. The number of piperidine rings is 1. The van der Waals surface area contributed by atoms with Gasteiger partial charge in [0.15, 0.2) is 0 Å². The molecule has 0 radical (unpaired) electrons. The maximum absolute atomic E-state index is 13.2. The smallest absolute Gasteiger partial charge is 0.471 e. The van der Waals surface area contributed by atoms with E-state index in [9.17, 15) is 42.2 Å². The zero-order chi connectivity index (χ0) is 21.0. The molecule has 27 heavy (non-hydrogen) atoms. The lowest BCUT2D eigenvalue weighted by Crippen LogP contribution is -2.71. The summed E-state index contributed by atoms with van der Waals surface area (Å²) in [6.45, 7) is 1.59. The Kier molecular flexibility index (Phi) is 7.79. The normalized spacial score (nSPS) is 20.0. The van der Waals surface area contributed by atoms with Crippen molar-refractivity contribution >= 4 is 19.5 Å². The Morgan fingerprint density at radius 1 is 1.26 bits per heavy atom. The third-order valence-electron chi connectivity index (χ3n) is 4.11. The number of carbonyl (C=O) groups excluding carboxylic acids is 1. The minimum atomic E-state index is -5.69. The van der Waals surface area contributed by atoms with Crippen LogP contribution in [0.5, 0.6) is 0 Å². The van der Waals surface area contributed by atoms with E-state index in [4.69, 9.17) is 4.74 Å². The third kappa shape index (κ3) is 5.18. The average Bonchev–Trinajstić information content (AvgIpc) is 2.55. The van der Waals surface area contributed by atoms with Gasteiger partial charge < -0.3 is 19.6 Å². The van der Waals surface area contributed by atoms with Gasteiger partial charge in [0, 0.05) is 20.2 Å². The van der Waals surface area contributed by atoms with Gasteiger partial charge in [0.1, 0.15) is 6.04 Å². The molecule has 0 aromatic carbocycles. The molecule has 0 saturated carbocycles. The number of carboxylic acids is 1. The maximum atomic E-state index is 13.2. The van der Waals surface area contributed by atoms with Gasteiger partial charge in [-0.25, -0.2) is 9.80 Å². The van der Waals surface area contributed by atoms with Gasteiger partial charge in [0.25, 0.3) is 0 Å². The summed E-state index contributed by atoms with van der Waals surface area (Å²) in [4.78, 5) is 42.7.